The Morgan fingerprint density at radius 1 is 1.13 bits per heavy atom. The molecule has 1 atom stereocenters. The number of amides is 2. The lowest BCUT2D eigenvalue weighted by Gasteiger charge is -2.25. The van der Waals surface area contributed by atoms with Crippen LogP contribution in [-0.2, 0) is 9.59 Å². The molecular formula is C24H31N3O2S. The maximum atomic E-state index is 12.6. The van der Waals surface area contributed by atoms with E-state index in [4.69, 9.17) is 0 Å². The van der Waals surface area contributed by atoms with Crippen molar-refractivity contribution >= 4 is 40.6 Å². The highest BCUT2D eigenvalue weighted by Gasteiger charge is 2.34. The van der Waals surface area contributed by atoms with Crippen LogP contribution in [0, 0.1) is 0 Å². The van der Waals surface area contributed by atoms with Gasteiger partial charge in [0.1, 0.15) is 5.37 Å². The van der Waals surface area contributed by atoms with Gasteiger partial charge in [0, 0.05) is 37.6 Å². The van der Waals surface area contributed by atoms with E-state index in [1.807, 2.05) is 72.4 Å². The van der Waals surface area contributed by atoms with E-state index in [0.29, 0.717) is 12.2 Å². The number of nitrogens with one attached hydrogen (secondary N) is 1. The van der Waals surface area contributed by atoms with Crippen LogP contribution in [0.15, 0.2) is 48.5 Å². The Kier molecular flexibility index (Phi) is 7.80. The van der Waals surface area contributed by atoms with E-state index in [1.54, 1.807) is 11.8 Å². The van der Waals surface area contributed by atoms with Crippen LogP contribution < -0.4 is 15.1 Å². The first-order valence-corrected chi connectivity index (χ1v) is 11.7. The topological polar surface area (TPSA) is 52.7 Å². The highest BCUT2D eigenvalue weighted by Crippen LogP contribution is 2.42. The van der Waals surface area contributed by atoms with Crippen molar-refractivity contribution in [1.29, 1.82) is 0 Å². The maximum absolute atomic E-state index is 12.6. The largest absolute Gasteiger partial charge is 0.378 e. The minimum atomic E-state index is -0.0934. The molecule has 2 amide bonds. The predicted molar refractivity (Wildman–Crippen MR) is 127 cm³/mol. The molecule has 0 radical (unpaired) electrons. The van der Waals surface area contributed by atoms with Crippen molar-refractivity contribution in [2.75, 3.05) is 35.0 Å². The number of thioether (sulfide) groups is 1. The van der Waals surface area contributed by atoms with Crippen LogP contribution in [0.25, 0.3) is 0 Å². The first-order chi connectivity index (χ1) is 14.5. The molecule has 0 spiro atoms. The van der Waals surface area contributed by atoms with Gasteiger partial charge in [-0.1, -0.05) is 38.3 Å². The number of hydrogen-bond donors (Lipinski definition) is 1. The van der Waals surface area contributed by atoms with Crippen LogP contribution in [0.1, 0.15) is 50.0 Å². The lowest BCUT2D eigenvalue weighted by molar-refractivity contribution is -0.117. The van der Waals surface area contributed by atoms with Gasteiger partial charge in [-0.05, 0) is 48.4 Å². The van der Waals surface area contributed by atoms with E-state index in [-0.39, 0.29) is 17.2 Å². The number of rotatable bonds is 9. The van der Waals surface area contributed by atoms with Crippen molar-refractivity contribution in [3.8, 4) is 0 Å². The third kappa shape index (κ3) is 5.57. The molecule has 160 valence electrons. The predicted octanol–water partition coefficient (Wildman–Crippen LogP) is 5.44. The van der Waals surface area contributed by atoms with Gasteiger partial charge in [-0.2, -0.15) is 0 Å². The average molecular weight is 426 g/mol. The number of carbonyl (C=O) groups excluding carboxylic acids is 2. The van der Waals surface area contributed by atoms with Crippen LogP contribution in [0.2, 0.25) is 0 Å². The summed E-state index contributed by atoms with van der Waals surface area (Å²) in [6, 6.07) is 15.9. The summed E-state index contributed by atoms with van der Waals surface area (Å²) in [5.74, 6) is 0.608. The van der Waals surface area contributed by atoms with Crippen molar-refractivity contribution in [3.63, 3.8) is 0 Å². The quantitative estimate of drug-likeness (QED) is 0.544. The van der Waals surface area contributed by atoms with E-state index in [0.717, 1.165) is 41.9 Å². The Balaban J connectivity index is 1.72. The molecule has 1 aliphatic rings. The van der Waals surface area contributed by atoms with E-state index in [1.165, 1.54) is 6.42 Å². The van der Waals surface area contributed by atoms with E-state index >= 15 is 0 Å². The summed E-state index contributed by atoms with van der Waals surface area (Å²) < 4.78 is 0. The van der Waals surface area contributed by atoms with Crippen molar-refractivity contribution < 1.29 is 9.59 Å². The molecule has 0 aromatic heterocycles. The second-order valence-electron chi connectivity index (χ2n) is 7.82. The highest BCUT2D eigenvalue weighted by molar-refractivity contribution is 8.00. The Hall–Kier alpha value is -2.47. The number of anilines is 3. The SMILES string of the molecule is CCCCCCC(=O)Nc1cccc([C@@H]2SCC(=O)N2c2ccc(N(C)C)cc2)c1. The molecule has 1 saturated heterocycles. The Bertz CT molecular complexity index is 867. The molecular weight excluding hydrogens is 394 g/mol. The number of hydrogen-bond acceptors (Lipinski definition) is 4. The van der Waals surface area contributed by atoms with Crippen molar-refractivity contribution in [1.82, 2.24) is 0 Å². The van der Waals surface area contributed by atoms with Crippen LogP contribution in [0.5, 0.6) is 0 Å². The average Bonchev–Trinajstić information content (AvgIpc) is 3.13. The summed E-state index contributed by atoms with van der Waals surface area (Å²) in [6.45, 7) is 2.16. The molecule has 0 saturated carbocycles. The van der Waals surface area contributed by atoms with E-state index < -0.39 is 0 Å². The normalized spacial score (nSPS) is 16.0. The first kappa shape index (κ1) is 22.2. The van der Waals surface area contributed by atoms with Gasteiger partial charge in [-0.15, -0.1) is 11.8 Å². The van der Waals surface area contributed by atoms with Crippen LogP contribution in [0.4, 0.5) is 17.1 Å². The monoisotopic (exact) mass is 425 g/mol. The molecule has 2 aromatic rings. The molecule has 1 heterocycles. The van der Waals surface area contributed by atoms with Crippen molar-refractivity contribution in [3.05, 3.63) is 54.1 Å². The van der Waals surface area contributed by atoms with Gasteiger partial charge in [0.2, 0.25) is 11.8 Å². The second-order valence-corrected chi connectivity index (χ2v) is 8.89. The van der Waals surface area contributed by atoms with Gasteiger partial charge in [-0.25, -0.2) is 0 Å². The lowest BCUT2D eigenvalue weighted by Crippen LogP contribution is -2.27. The minimum Gasteiger partial charge on any atom is -0.378 e. The van der Waals surface area contributed by atoms with Gasteiger partial charge in [0.15, 0.2) is 0 Å². The summed E-state index contributed by atoms with van der Waals surface area (Å²) in [4.78, 5) is 28.8. The zero-order valence-electron chi connectivity index (χ0n) is 18.1. The molecule has 3 rings (SSSR count). The van der Waals surface area contributed by atoms with Gasteiger partial charge in [0.25, 0.3) is 0 Å². The smallest absolute Gasteiger partial charge is 0.238 e. The summed E-state index contributed by atoms with van der Waals surface area (Å²) in [5.41, 5.74) is 3.80. The molecule has 0 unspecified atom stereocenters. The van der Waals surface area contributed by atoms with E-state index in [9.17, 15) is 9.59 Å². The van der Waals surface area contributed by atoms with Gasteiger partial charge >= 0.3 is 0 Å². The van der Waals surface area contributed by atoms with Crippen molar-refractivity contribution in [2.24, 2.45) is 0 Å². The maximum Gasteiger partial charge on any atom is 0.238 e. The molecule has 5 nitrogen and oxygen atoms in total. The summed E-state index contributed by atoms with van der Waals surface area (Å²) in [6.07, 6.45) is 4.89. The fourth-order valence-electron chi connectivity index (χ4n) is 3.57. The molecule has 0 bridgehead atoms. The molecule has 6 heteroatoms. The Morgan fingerprint density at radius 3 is 2.60 bits per heavy atom. The van der Waals surface area contributed by atoms with E-state index in [2.05, 4.69) is 12.2 Å². The molecule has 1 aliphatic heterocycles. The minimum absolute atomic E-state index is 0.0505. The number of benzene rings is 2. The fraction of sp³-hybridized carbons (Fsp3) is 0.417. The Morgan fingerprint density at radius 2 is 1.90 bits per heavy atom. The van der Waals surface area contributed by atoms with Crippen molar-refractivity contribution in [2.45, 2.75) is 44.4 Å². The standard InChI is InChI=1S/C24H31N3O2S/c1-4-5-6-7-11-22(28)25-19-10-8-9-18(16-19)24-27(23(29)17-30-24)21-14-12-20(13-15-21)26(2)3/h8-10,12-16,24H,4-7,11,17H2,1-3H3,(H,25,28)/t24-/m0/s1. The van der Waals surface area contributed by atoms with Crippen LogP contribution in [0.3, 0.4) is 0 Å². The second kappa shape index (κ2) is 10.5. The van der Waals surface area contributed by atoms with Gasteiger partial charge in [-0.3, -0.25) is 14.5 Å². The molecule has 1 fully saturated rings. The number of unbranched alkanes of at least 4 members (excludes halogenated alkanes) is 3. The van der Waals surface area contributed by atoms with Gasteiger partial charge in [0.05, 0.1) is 5.75 Å². The molecule has 1 N–H and O–H groups in total. The van der Waals surface area contributed by atoms with Crippen LogP contribution in [-0.4, -0.2) is 31.7 Å². The third-order valence-electron chi connectivity index (χ3n) is 5.23. The fourth-order valence-corrected chi connectivity index (χ4v) is 4.73. The Labute approximate surface area is 183 Å². The summed E-state index contributed by atoms with van der Waals surface area (Å²) in [7, 11) is 4.00. The summed E-state index contributed by atoms with van der Waals surface area (Å²) in [5, 5.41) is 2.92. The zero-order chi connectivity index (χ0) is 21.5. The lowest BCUT2D eigenvalue weighted by atomic mass is 10.1. The number of nitrogens with zero attached hydrogens (tertiary/aromatic N) is 2. The highest BCUT2D eigenvalue weighted by atomic mass is 32.2. The molecule has 2 aromatic carbocycles. The molecule has 30 heavy (non-hydrogen) atoms. The molecule has 0 aliphatic carbocycles. The zero-order valence-corrected chi connectivity index (χ0v) is 18.9. The number of carbonyl (C=O) groups is 2. The van der Waals surface area contributed by atoms with Crippen LogP contribution >= 0.6 is 11.8 Å². The first-order valence-electron chi connectivity index (χ1n) is 10.6. The summed E-state index contributed by atoms with van der Waals surface area (Å²) >= 11 is 1.62. The third-order valence-corrected chi connectivity index (χ3v) is 6.44. The van der Waals surface area contributed by atoms with Gasteiger partial charge < -0.3 is 10.2 Å².